The summed E-state index contributed by atoms with van der Waals surface area (Å²) in [6, 6.07) is 15.9. The first-order valence-electron chi connectivity index (χ1n) is 10.5. The average molecular weight is 395 g/mol. The molecule has 0 aliphatic carbocycles. The Bertz CT molecular complexity index is 797. The van der Waals surface area contributed by atoms with Gasteiger partial charge in [-0.1, -0.05) is 66.6 Å². The number of rotatable bonds is 9. The van der Waals surface area contributed by atoms with Crippen LogP contribution < -0.4 is 5.32 Å². The number of amides is 2. The zero-order valence-electron chi connectivity index (χ0n) is 18.4. The summed E-state index contributed by atoms with van der Waals surface area (Å²) in [5, 5.41) is 3.01. The van der Waals surface area contributed by atoms with E-state index in [9.17, 15) is 9.59 Å². The third-order valence-electron chi connectivity index (χ3n) is 5.29. The number of carbonyl (C=O) groups is 2. The van der Waals surface area contributed by atoms with Gasteiger partial charge in [-0.2, -0.15) is 0 Å². The molecule has 4 heteroatoms. The molecule has 0 fully saturated rings. The van der Waals surface area contributed by atoms with E-state index in [1.54, 1.807) is 4.90 Å². The summed E-state index contributed by atoms with van der Waals surface area (Å²) < 4.78 is 0. The maximum Gasteiger partial charge on any atom is 0.242 e. The first-order chi connectivity index (χ1) is 13.8. The lowest BCUT2D eigenvalue weighted by Crippen LogP contribution is -2.50. The molecule has 29 heavy (non-hydrogen) atoms. The van der Waals surface area contributed by atoms with Crippen molar-refractivity contribution in [3.8, 4) is 0 Å². The Morgan fingerprint density at radius 2 is 1.59 bits per heavy atom. The van der Waals surface area contributed by atoms with E-state index in [1.165, 1.54) is 0 Å². The van der Waals surface area contributed by atoms with Crippen LogP contribution in [0.1, 0.15) is 49.4 Å². The summed E-state index contributed by atoms with van der Waals surface area (Å²) in [5.74, 6) is -0.112. The van der Waals surface area contributed by atoms with Crippen molar-refractivity contribution in [1.82, 2.24) is 10.2 Å². The van der Waals surface area contributed by atoms with Crippen LogP contribution in [0.4, 0.5) is 0 Å². The van der Waals surface area contributed by atoms with Gasteiger partial charge >= 0.3 is 0 Å². The van der Waals surface area contributed by atoms with Gasteiger partial charge in [0.2, 0.25) is 11.8 Å². The zero-order valence-corrected chi connectivity index (χ0v) is 18.4. The second kappa shape index (κ2) is 10.8. The third-order valence-corrected chi connectivity index (χ3v) is 5.29. The lowest BCUT2D eigenvalue weighted by Gasteiger charge is -2.30. The van der Waals surface area contributed by atoms with Crippen LogP contribution in [0.2, 0.25) is 0 Å². The molecule has 1 N–H and O–H groups in total. The molecule has 0 aliphatic rings. The van der Waals surface area contributed by atoms with Crippen LogP contribution in [0.15, 0.2) is 48.5 Å². The normalized spacial score (nSPS) is 12.9. The fourth-order valence-corrected chi connectivity index (χ4v) is 3.48. The number of benzene rings is 2. The summed E-state index contributed by atoms with van der Waals surface area (Å²) >= 11 is 0. The van der Waals surface area contributed by atoms with Gasteiger partial charge in [-0.05, 0) is 51.7 Å². The Labute approximate surface area is 175 Å². The quantitative estimate of drug-likeness (QED) is 0.692. The molecule has 0 heterocycles. The molecule has 0 saturated heterocycles. The molecular weight excluding hydrogens is 360 g/mol. The van der Waals surface area contributed by atoms with Crippen molar-refractivity contribution in [3.63, 3.8) is 0 Å². The van der Waals surface area contributed by atoms with Gasteiger partial charge in [0.1, 0.15) is 6.04 Å². The SMILES string of the molecule is CCC(C)NC(=O)C(C)N(CCc1ccccc1)C(=O)Cc1cc(C)cc(C)c1. The number of hydrogen-bond donors (Lipinski definition) is 1. The summed E-state index contributed by atoms with van der Waals surface area (Å²) in [5.41, 5.74) is 4.44. The Hall–Kier alpha value is -2.62. The molecule has 0 spiro atoms. The molecule has 2 atom stereocenters. The van der Waals surface area contributed by atoms with Crippen molar-refractivity contribution in [3.05, 3.63) is 70.8 Å². The van der Waals surface area contributed by atoms with Gasteiger partial charge in [0, 0.05) is 12.6 Å². The van der Waals surface area contributed by atoms with Crippen LogP contribution in [0.3, 0.4) is 0 Å². The predicted octanol–water partition coefficient (Wildman–Crippen LogP) is 4.22. The minimum absolute atomic E-state index is 0.0160. The van der Waals surface area contributed by atoms with Crippen molar-refractivity contribution in [2.24, 2.45) is 0 Å². The maximum atomic E-state index is 13.2. The molecule has 2 aromatic carbocycles. The van der Waals surface area contributed by atoms with Crippen molar-refractivity contribution in [2.45, 2.75) is 66.0 Å². The van der Waals surface area contributed by atoms with E-state index in [0.29, 0.717) is 13.0 Å². The van der Waals surface area contributed by atoms with Crippen LogP contribution >= 0.6 is 0 Å². The molecule has 0 aliphatic heterocycles. The van der Waals surface area contributed by atoms with Crippen LogP contribution in [0.25, 0.3) is 0 Å². The number of hydrogen-bond acceptors (Lipinski definition) is 2. The first kappa shape index (κ1) is 22.7. The summed E-state index contributed by atoms with van der Waals surface area (Å²) in [6.07, 6.45) is 1.89. The number of nitrogens with one attached hydrogen (secondary N) is 1. The highest BCUT2D eigenvalue weighted by atomic mass is 16.2. The van der Waals surface area contributed by atoms with Crippen LogP contribution in [0, 0.1) is 13.8 Å². The second-order valence-electron chi connectivity index (χ2n) is 7.99. The average Bonchev–Trinajstić information content (AvgIpc) is 2.67. The van der Waals surface area contributed by atoms with Crippen LogP contribution in [-0.4, -0.2) is 35.3 Å². The van der Waals surface area contributed by atoms with Gasteiger partial charge in [0.25, 0.3) is 0 Å². The predicted molar refractivity (Wildman–Crippen MR) is 119 cm³/mol. The number of nitrogens with zero attached hydrogens (tertiary/aromatic N) is 1. The van der Waals surface area contributed by atoms with Crippen molar-refractivity contribution < 1.29 is 9.59 Å². The lowest BCUT2D eigenvalue weighted by atomic mass is 10.0. The molecule has 0 saturated carbocycles. The molecule has 2 unspecified atom stereocenters. The topological polar surface area (TPSA) is 49.4 Å². The number of aryl methyl sites for hydroxylation is 2. The van der Waals surface area contributed by atoms with E-state index in [4.69, 9.17) is 0 Å². The van der Waals surface area contributed by atoms with Gasteiger partial charge < -0.3 is 10.2 Å². The number of carbonyl (C=O) groups excluding carboxylic acids is 2. The van der Waals surface area contributed by atoms with E-state index in [0.717, 1.165) is 35.1 Å². The third kappa shape index (κ3) is 7.04. The smallest absolute Gasteiger partial charge is 0.242 e. The highest BCUT2D eigenvalue weighted by molar-refractivity contribution is 5.88. The van der Waals surface area contributed by atoms with E-state index < -0.39 is 6.04 Å². The summed E-state index contributed by atoms with van der Waals surface area (Å²) in [6.45, 7) is 10.4. The largest absolute Gasteiger partial charge is 0.352 e. The van der Waals surface area contributed by atoms with Gasteiger partial charge in [-0.3, -0.25) is 9.59 Å². The minimum Gasteiger partial charge on any atom is -0.352 e. The Balaban J connectivity index is 2.17. The fourth-order valence-electron chi connectivity index (χ4n) is 3.48. The standard InChI is InChI=1S/C25H34N2O2/c1-6-20(4)26-25(29)21(5)27(13-12-22-10-8-7-9-11-22)24(28)17-23-15-18(2)14-19(3)16-23/h7-11,14-16,20-21H,6,12-13,17H2,1-5H3,(H,26,29). The Morgan fingerprint density at radius 1 is 0.966 bits per heavy atom. The van der Waals surface area contributed by atoms with Crippen LogP contribution in [0.5, 0.6) is 0 Å². The minimum atomic E-state index is -0.508. The molecular formula is C25H34N2O2. The van der Waals surface area contributed by atoms with Crippen molar-refractivity contribution >= 4 is 11.8 Å². The van der Waals surface area contributed by atoms with E-state index in [1.807, 2.05) is 65.0 Å². The Kier molecular flexibility index (Phi) is 8.44. The first-order valence-corrected chi connectivity index (χ1v) is 10.5. The molecule has 2 amide bonds. The Morgan fingerprint density at radius 3 is 2.17 bits per heavy atom. The highest BCUT2D eigenvalue weighted by Gasteiger charge is 2.26. The molecule has 156 valence electrons. The molecule has 0 bridgehead atoms. The fraction of sp³-hybridized carbons (Fsp3) is 0.440. The molecule has 2 rings (SSSR count). The van der Waals surface area contributed by atoms with Gasteiger partial charge in [0.05, 0.1) is 6.42 Å². The van der Waals surface area contributed by atoms with E-state index in [2.05, 4.69) is 23.5 Å². The summed E-state index contributed by atoms with van der Waals surface area (Å²) in [4.78, 5) is 27.7. The van der Waals surface area contributed by atoms with Crippen LogP contribution in [-0.2, 0) is 22.4 Å². The summed E-state index contributed by atoms with van der Waals surface area (Å²) in [7, 11) is 0. The maximum absolute atomic E-state index is 13.2. The van der Waals surface area contributed by atoms with Gasteiger partial charge in [-0.15, -0.1) is 0 Å². The zero-order chi connectivity index (χ0) is 21.4. The monoisotopic (exact) mass is 394 g/mol. The van der Waals surface area contributed by atoms with Crippen molar-refractivity contribution in [1.29, 1.82) is 0 Å². The van der Waals surface area contributed by atoms with Gasteiger partial charge in [-0.25, -0.2) is 0 Å². The van der Waals surface area contributed by atoms with E-state index >= 15 is 0 Å². The molecule has 2 aromatic rings. The highest BCUT2D eigenvalue weighted by Crippen LogP contribution is 2.13. The molecule has 0 aromatic heterocycles. The second-order valence-corrected chi connectivity index (χ2v) is 7.99. The van der Waals surface area contributed by atoms with Crippen molar-refractivity contribution in [2.75, 3.05) is 6.54 Å². The van der Waals surface area contributed by atoms with E-state index in [-0.39, 0.29) is 17.9 Å². The van der Waals surface area contributed by atoms with Gasteiger partial charge in [0.15, 0.2) is 0 Å². The lowest BCUT2D eigenvalue weighted by molar-refractivity contribution is -0.139. The molecule has 0 radical (unpaired) electrons. The molecule has 4 nitrogen and oxygen atoms in total.